The zero-order valence-corrected chi connectivity index (χ0v) is 11.2. The molecule has 0 aromatic heterocycles. The number of anilines is 1. The van der Waals surface area contributed by atoms with Gasteiger partial charge in [0.2, 0.25) is 0 Å². The largest absolute Gasteiger partial charge is 0.480 e. The smallest absolute Gasteiger partial charge is 0.327 e. The summed E-state index contributed by atoms with van der Waals surface area (Å²) < 4.78 is 0. The van der Waals surface area contributed by atoms with Crippen LogP contribution in [0, 0.1) is 17.0 Å². The molecular formula is C12H14N2O4S. The van der Waals surface area contributed by atoms with Crippen molar-refractivity contribution in [1.82, 2.24) is 0 Å². The van der Waals surface area contributed by atoms with Crippen LogP contribution in [-0.2, 0) is 4.79 Å². The molecule has 1 N–H and O–H groups in total. The zero-order valence-electron chi connectivity index (χ0n) is 10.4. The van der Waals surface area contributed by atoms with Crippen molar-refractivity contribution < 1.29 is 14.8 Å². The highest BCUT2D eigenvalue weighted by Gasteiger charge is 2.31. The Labute approximate surface area is 114 Å². The van der Waals surface area contributed by atoms with Crippen molar-refractivity contribution in [2.75, 3.05) is 23.0 Å². The lowest BCUT2D eigenvalue weighted by Crippen LogP contribution is -2.47. The molecule has 2 rings (SSSR count). The Hall–Kier alpha value is -1.76. The summed E-state index contributed by atoms with van der Waals surface area (Å²) >= 11 is 1.59. The van der Waals surface area contributed by atoms with Crippen molar-refractivity contribution in [2.24, 2.45) is 0 Å². The number of benzene rings is 1. The summed E-state index contributed by atoms with van der Waals surface area (Å²) in [6.07, 6.45) is 0. The van der Waals surface area contributed by atoms with Gasteiger partial charge in [-0.05, 0) is 13.0 Å². The number of hydrogen-bond donors (Lipinski definition) is 1. The molecule has 7 heteroatoms. The molecular weight excluding hydrogens is 268 g/mol. The van der Waals surface area contributed by atoms with Crippen molar-refractivity contribution in [3.05, 3.63) is 33.9 Å². The Morgan fingerprint density at radius 3 is 2.95 bits per heavy atom. The summed E-state index contributed by atoms with van der Waals surface area (Å²) in [6, 6.07) is 4.15. The minimum Gasteiger partial charge on any atom is -0.480 e. The van der Waals surface area contributed by atoms with Crippen molar-refractivity contribution in [3.63, 3.8) is 0 Å². The Bertz CT molecular complexity index is 520. The van der Waals surface area contributed by atoms with E-state index in [1.165, 1.54) is 6.07 Å². The molecule has 1 heterocycles. The number of carbonyl (C=O) groups is 1. The molecule has 1 aromatic rings. The molecule has 1 aliphatic heterocycles. The number of carboxylic acids is 1. The van der Waals surface area contributed by atoms with Gasteiger partial charge < -0.3 is 10.0 Å². The van der Waals surface area contributed by atoms with Gasteiger partial charge in [-0.2, -0.15) is 11.8 Å². The van der Waals surface area contributed by atoms with Crippen LogP contribution in [0.3, 0.4) is 0 Å². The second-order valence-electron chi connectivity index (χ2n) is 4.30. The lowest BCUT2D eigenvalue weighted by atomic mass is 10.1. The number of nitro benzene ring substituents is 1. The van der Waals surface area contributed by atoms with E-state index in [1.807, 2.05) is 0 Å². The molecule has 0 spiro atoms. The quantitative estimate of drug-likeness (QED) is 0.673. The first-order valence-corrected chi connectivity index (χ1v) is 6.99. The van der Waals surface area contributed by atoms with Crippen molar-refractivity contribution in [1.29, 1.82) is 0 Å². The number of nitro groups is 1. The second-order valence-corrected chi connectivity index (χ2v) is 5.45. The highest BCUT2D eigenvalue weighted by atomic mass is 32.2. The van der Waals surface area contributed by atoms with Crippen molar-refractivity contribution >= 4 is 29.1 Å². The maximum absolute atomic E-state index is 11.3. The number of carboxylic acid groups (broad SMARTS) is 1. The molecule has 102 valence electrons. The summed E-state index contributed by atoms with van der Waals surface area (Å²) in [5, 5.41) is 20.2. The number of aliphatic carboxylic acids is 1. The van der Waals surface area contributed by atoms with Gasteiger partial charge in [0, 0.05) is 29.8 Å². The third-order valence-electron chi connectivity index (χ3n) is 3.20. The van der Waals surface area contributed by atoms with Crippen LogP contribution in [0.5, 0.6) is 0 Å². The third-order valence-corrected chi connectivity index (χ3v) is 4.22. The topological polar surface area (TPSA) is 83.7 Å². The van der Waals surface area contributed by atoms with Gasteiger partial charge in [-0.25, -0.2) is 4.79 Å². The van der Waals surface area contributed by atoms with E-state index in [9.17, 15) is 20.0 Å². The fraction of sp³-hybridized carbons (Fsp3) is 0.417. The molecule has 0 radical (unpaired) electrons. The summed E-state index contributed by atoms with van der Waals surface area (Å²) in [6.45, 7) is 2.25. The van der Waals surface area contributed by atoms with Crippen LogP contribution in [0.1, 0.15) is 5.56 Å². The maximum Gasteiger partial charge on any atom is 0.327 e. The number of hydrogen-bond acceptors (Lipinski definition) is 5. The average Bonchev–Trinajstić information content (AvgIpc) is 2.38. The molecule has 1 fully saturated rings. The van der Waals surface area contributed by atoms with Crippen LogP contribution in [0.25, 0.3) is 0 Å². The van der Waals surface area contributed by atoms with E-state index in [4.69, 9.17) is 0 Å². The van der Waals surface area contributed by atoms with Gasteiger partial charge in [-0.3, -0.25) is 10.1 Å². The first-order valence-electron chi connectivity index (χ1n) is 5.83. The fourth-order valence-electron chi connectivity index (χ4n) is 2.22. The average molecular weight is 282 g/mol. The molecule has 0 saturated carbocycles. The molecule has 1 unspecified atom stereocenters. The van der Waals surface area contributed by atoms with E-state index < -0.39 is 16.9 Å². The SMILES string of the molecule is Cc1c(N2CCSCC2C(=O)O)cccc1[N+](=O)[O-]. The van der Waals surface area contributed by atoms with Gasteiger partial charge in [-0.1, -0.05) is 6.07 Å². The van der Waals surface area contributed by atoms with E-state index in [0.29, 0.717) is 23.5 Å². The Kier molecular flexibility index (Phi) is 3.94. The van der Waals surface area contributed by atoms with Gasteiger partial charge >= 0.3 is 5.97 Å². The van der Waals surface area contributed by atoms with E-state index in [-0.39, 0.29) is 5.69 Å². The van der Waals surface area contributed by atoms with Crippen LogP contribution in [0.15, 0.2) is 18.2 Å². The van der Waals surface area contributed by atoms with Crippen LogP contribution < -0.4 is 4.90 Å². The lowest BCUT2D eigenvalue weighted by molar-refractivity contribution is -0.385. The minimum atomic E-state index is -0.891. The summed E-state index contributed by atoms with van der Waals surface area (Å²) in [7, 11) is 0. The molecule has 1 atom stereocenters. The van der Waals surface area contributed by atoms with Crippen molar-refractivity contribution in [2.45, 2.75) is 13.0 Å². The lowest BCUT2D eigenvalue weighted by Gasteiger charge is -2.35. The Morgan fingerprint density at radius 1 is 1.58 bits per heavy atom. The molecule has 0 aliphatic carbocycles. The zero-order chi connectivity index (χ0) is 14.0. The highest BCUT2D eigenvalue weighted by Crippen LogP contribution is 2.32. The van der Waals surface area contributed by atoms with Crippen LogP contribution in [0.2, 0.25) is 0 Å². The van der Waals surface area contributed by atoms with Gasteiger partial charge in [0.15, 0.2) is 0 Å². The molecule has 19 heavy (non-hydrogen) atoms. The second kappa shape index (κ2) is 5.48. The van der Waals surface area contributed by atoms with Crippen molar-refractivity contribution in [3.8, 4) is 0 Å². The first-order chi connectivity index (χ1) is 9.02. The standard InChI is InChI=1S/C12H14N2O4S/c1-8-9(3-2-4-10(8)14(17)18)13-5-6-19-7-11(13)12(15)16/h2-4,11H,5-7H2,1H3,(H,15,16). The molecule has 1 aromatic carbocycles. The number of rotatable bonds is 3. The monoisotopic (exact) mass is 282 g/mol. The fourth-order valence-corrected chi connectivity index (χ4v) is 3.26. The first kappa shape index (κ1) is 13.7. The van der Waals surface area contributed by atoms with Crippen LogP contribution in [-0.4, -0.2) is 40.1 Å². The molecule has 6 nitrogen and oxygen atoms in total. The van der Waals surface area contributed by atoms with Gasteiger partial charge in [0.1, 0.15) is 6.04 Å². The minimum absolute atomic E-state index is 0.0277. The maximum atomic E-state index is 11.3. The predicted molar refractivity (Wildman–Crippen MR) is 73.9 cm³/mol. The summed E-state index contributed by atoms with van der Waals surface area (Å²) in [5.74, 6) is 0.432. The van der Waals surface area contributed by atoms with Crippen LogP contribution >= 0.6 is 11.8 Å². The molecule has 1 saturated heterocycles. The molecule has 1 aliphatic rings. The van der Waals surface area contributed by atoms with Gasteiger partial charge in [0.05, 0.1) is 10.5 Å². The summed E-state index contributed by atoms with van der Waals surface area (Å²) in [4.78, 5) is 23.5. The van der Waals surface area contributed by atoms with Gasteiger partial charge in [-0.15, -0.1) is 0 Å². The van der Waals surface area contributed by atoms with Crippen LogP contribution in [0.4, 0.5) is 11.4 Å². The number of nitrogens with zero attached hydrogens (tertiary/aromatic N) is 2. The highest BCUT2D eigenvalue weighted by molar-refractivity contribution is 7.99. The van der Waals surface area contributed by atoms with Gasteiger partial charge in [0.25, 0.3) is 5.69 Å². The third kappa shape index (κ3) is 2.65. The van der Waals surface area contributed by atoms with E-state index in [1.54, 1.807) is 35.7 Å². The van der Waals surface area contributed by atoms with E-state index in [0.717, 1.165) is 5.75 Å². The molecule has 0 amide bonds. The van der Waals surface area contributed by atoms with E-state index >= 15 is 0 Å². The molecule has 0 bridgehead atoms. The Morgan fingerprint density at radius 2 is 2.32 bits per heavy atom. The summed E-state index contributed by atoms with van der Waals surface area (Å²) in [5.41, 5.74) is 1.19. The van der Waals surface area contributed by atoms with E-state index in [2.05, 4.69) is 0 Å². The normalized spacial score (nSPS) is 19.2. The number of thioether (sulfide) groups is 1. The Balaban J connectivity index is 2.42. The predicted octanol–water partition coefficient (Wildman–Crippen LogP) is 1.91.